The van der Waals surface area contributed by atoms with Crippen LogP contribution < -0.4 is 5.32 Å². The Morgan fingerprint density at radius 1 is 1.14 bits per heavy atom. The molecule has 0 aliphatic rings. The molecule has 0 radical (unpaired) electrons. The van der Waals surface area contributed by atoms with Gasteiger partial charge in [-0.3, -0.25) is 4.79 Å². The summed E-state index contributed by atoms with van der Waals surface area (Å²) >= 11 is 6.01. The number of H-pyrrole nitrogens is 1. The zero-order valence-electron chi connectivity index (χ0n) is 10.6. The first kappa shape index (κ1) is 13.6. The molecule has 21 heavy (non-hydrogen) atoms. The lowest BCUT2D eigenvalue weighted by atomic mass is 10.2. The van der Waals surface area contributed by atoms with E-state index in [4.69, 9.17) is 11.6 Å². The number of hydrogen-bond acceptors (Lipinski definition) is 1. The Morgan fingerprint density at radius 3 is 2.71 bits per heavy atom. The summed E-state index contributed by atoms with van der Waals surface area (Å²) in [4.78, 5) is 14.9. The van der Waals surface area contributed by atoms with Gasteiger partial charge in [0, 0.05) is 11.5 Å². The van der Waals surface area contributed by atoms with Gasteiger partial charge in [-0.25, -0.2) is 8.78 Å². The zero-order valence-corrected chi connectivity index (χ0v) is 11.3. The van der Waals surface area contributed by atoms with Gasteiger partial charge in [-0.05, 0) is 24.3 Å². The summed E-state index contributed by atoms with van der Waals surface area (Å²) in [6.07, 6.45) is 0. The van der Waals surface area contributed by atoms with Gasteiger partial charge in [-0.1, -0.05) is 23.7 Å². The highest BCUT2D eigenvalue weighted by molar-refractivity contribution is 6.35. The third kappa shape index (κ3) is 2.60. The number of halogens is 3. The van der Waals surface area contributed by atoms with Crippen LogP contribution in [-0.2, 0) is 0 Å². The van der Waals surface area contributed by atoms with E-state index in [9.17, 15) is 13.6 Å². The normalized spacial score (nSPS) is 10.8. The maximum Gasteiger partial charge on any atom is 0.272 e. The monoisotopic (exact) mass is 306 g/mol. The summed E-state index contributed by atoms with van der Waals surface area (Å²) in [5, 5.41) is 3.55. The third-order valence-corrected chi connectivity index (χ3v) is 3.34. The molecular weight excluding hydrogens is 298 g/mol. The van der Waals surface area contributed by atoms with Gasteiger partial charge in [-0.15, -0.1) is 0 Å². The lowest BCUT2D eigenvalue weighted by Gasteiger charge is -2.05. The highest BCUT2D eigenvalue weighted by Gasteiger charge is 2.13. The summed E-state index contributed by atoms with van der Waals surface area (Å²) in [5.74, 6) is -1.92. The number of benzene rings is 2. The van der Waals surface area contributed by atoms with Gasteiger partial charge in [0.05, 0.1) is 16.2 Å². The zero-order chi connectivity index (χ0) is 15.0. The number of nitrogens with one attached hydrogen (secondary N) is 2. The highest BCUT2D eigenvalue weighted by Crippen LogP contribution is 2.24. The number of para-hydroxylation sites is 1. The molecule has 106 valence electrons. The molecule has 6 heteroatoms. The van der Waals surface area contributed by atoms with E-state index in [1.165, 1.54) is 0 Å². The Kier molecular flexibility index (Phi) is 3.35. The number of anilines is 1. The van der Waals surface area contributed by atoms with Crippen molar-refractivity contribution in [2.75, 3.05) is 5.32 Å². The summed E-state index contributed by atoms with van der Waals surface area (Å²) in [7, 11) is 0. The molecule has 1 heterocycles. The Labute approximate surface area is 123 Å². The Balaban J connectivity index is 1.93. The Morgan fingerprint density at radius 2 is 1.95 bits per heavy atom. The first-order chi connectivity index (χ1) is 10.0. The van der Waals surface area contributed by atoms with E-state index in [2.05, 4.69) is 10.3 Å². The summed E-state index contributed by atoms with van der Waals surface area (Å²) in [6, 6.07) is 9.68. The van der Waals surface area contributed by atoms with E-state index >= 15 is 0 Å². The fourth-order valence-electron chi connectivity index (χ4n) is 2.02. The van der Waals surface area contributed by atoms with Crippen molar-refractivity contribution in [3.05, 3.63) is 64.8 Å². The maximum atomic E-state index is 13.5. The van der Waals surface area contributed by atoms with Gasteiger partial charge in [0.1, 0.15) is 17.3 Å². The second-order valence-corrected chi connectivity index (χ2v) is 4.87. The minimum absolute atomic E-state index is 0.210. The Hall–Kier alpha value is -2.40. The lowest BCUT2D eigenvalue weighted by molar-refractivity contribution is 0.102. The number of rotatable bonds is 2. The maximum absolute atomic E-state index is 13.5. The molecule has 3 nitrogen and oxygen atoms in total. The molecule has 1 amide bonds. The Bertz CT molecular complexity index is 845. The minimum atomic E-state index is -0.709. The fourth-order valence-corrected chi connectivity index (χ4v) is 2.25. The molecule has 3 aromatic rings. The largest absolute Gasteiger partial charge is 0.349 e. The quantitative estimate of drug-likeness (QED) is 0.726. The summed E-state index contributed by atoms with van der Waals surface area (Å²) < 4.78 is 26.6. The molecule has 3 rings (SSSR count). The number of carbonyl (C=O) groups is 1. The van der Waals surface area contributed by atoms with Gasteiger partial charge < -0.3 is 10.3 Å². The van der Waals surface area contributed by atoms with Crippen LogP contribution in [0.25, 0.3) is 10.9 Å². The van der Waals surface area contributed by atoms with Gasteiger partial charge in [0.15, 0.2) is 0 Å². The van der Waals surface area contributed by atoms with E-state index in [0.717, 1.165) is 23.6 Å². The summed E-state index contributed by atoms with van der Waals surface area (Å²) in [6.45, 7) is 0. The first-order valence-corrected chi connectivity index (χ1v) is 6.46. The van der Waals surface area contributed by atoms with Crippen molar-refractivity contribution in [2.24, 2.45) is 0 Å². The van der Waals surface area contributed by atoms with Crippen molar-refractivity contribution in [1.82, 2.24) is 4.98 Å². The predicted molar refractivity (Wildman–Crippen MR) is 77.6 cm³/mol. The minimum Gasteiger partial charge on any atom is -0.349 e. The molecule has 0 aliphatic carbocycles. The van der Waals surface area contributed by atoms with Crippen LogP contribution in [0.4, 0.5) is 14.5 Å². The first-order valence-electron chi connectivity index (χ1n) is 6.08. The van der Waals surface area contributed by atoms with Crippen LogP contribution >= 0.6 is 11.6 Å². The molecular formula is C15H9ClF2N2O. The second kappa shape index (κ2) is 5.18. The van der Waals surface area contributed by atoms with Crippen molar-refractivity contribution < 1.29 is 13.6 Å². The molecule has 2 aromatic carbocycles. The number of aromatic nitrogens is 1. The van der Waals surface area contributed by atoms with Crippen molar-refractivity contribution in [3.8, 4) is 0 Å². The third-order valence-electron chi connectivity index (χ3n) is 3.03. The van der Waals surface area contributed by atoms with E-state index in [1.54, 1.807) is 24.3 Å². The number of carbonyl (C=O) groups excluding carboxylic acids is 1. The van der Waals surface area contributed by atoms with Crippen LogP contribution in [0.3, 0.4) is 0 Å². The molecule has 0 bridgehead atoms. The van der Waals surface area contributed by atoms with Gasteiger partial charge in [0.2, 0.25) is 0 Å². The summed E-state index contributed by atoms with van der Waals surface area (Å²) in [5.41, 5.74) is 0.607. The lowest BCUT2D eigenvalue weighted by Crippen LogP contribution is -2.13. The molecule has 0 spiro atoms. The smallest absolute Gasteiger partial charge is 0.272 e. The van der Waals surface area contributed by atoms with Gasteiger partial charge in [-0.2, -0.15) is 0 Å². The van der Waals surface area contributed by atoms with Crippen molar-refractivity contribution >= 4 is 34.1 Å². The number of aromatic amines is 1. The van der Waals surface area contributed by atoms with Gasteiger partial charge in [0.25, 0.3) is 5.91 Å². The van der Waals surface area contributed by atoms with Crippen molar-refractivity contribution in [1.29, 1.82) is 0 Å². The van der Waals surface area contributed by atoms with E-state index < -0.39 is 17.5 Å². The molecule has 0 saturated heterocycles. The number of hydrogen-bond donors (Lipinski definition) is 2. The standard InChI is InChI=1S/C15H9ClF2N2O/c16-10-3-1-2-8-6-13(19-14(8)10)15(21)20-12-7-9(17)4-5-11(12)18/h1-7,19H,(H,20,21). The molecule has 0 aliphatic heterocycles. The van der Waals surface area contributed by atoms with Crippen LogP contribution in [0.5, 0.6) is 0 Å². The topological polar surface area (TPSA) is 44.9 Å². The fraction of sp³-hybridized carbons (Fsp3) is 0. The van der Waals surface area contributed by atoms with Crippen molar-refractivity contribution in [2.45, 2.75) is 0 Å². The average molecular weight is 307 g/mol. The molecule has 2 N–H and O–H groups in total. The van der Waals surface area contributed by atoms with Crippen LogP contribution in [0.15, 0.2) is 42.5 Å². The average Bonchev–Trinajstić information content (AvgIpc) is 2.88. The van der Waals surface area contributed by atoms with E-state index in [-0.39, 0.29) is 11.4 Å². The van der Waals surface area contributed by atoms with Crippen LogP contribution in [0.2, 0.25) is 5.02 Å². The molecule has 0 saturated carbocycles. The molecule has 0 fully saturated rings. The number of fused-ring (bicyclic) bond motifs is 1. The SMILES string of the molecule is O=C(Nc1cc(F)ccc1F)c1cc2cccc(Cl)c2[nH]1. The van der Waals surface area contributed by atoms with Crippen LogP contribution in [0.1, 0.15) is 10.5 Å². The van der Waals surface area contributed by atoms with E-state index in [0.29, 0.717) is 10.5 Å². The van der Waals surface area contributed by atoms with Gasteiger partial charge >= 0.3 is 0 Å². The van der Waals surface area contributed by atoms with E-state index in [1.807, 2.05) is 0 Å². The second-order valence-electron chi connectivity index (χ2n) is 4.47. The van der Waals surface area contributed by atoms with Crippen molar-refractivity contribution in [3.63, 3.8) is 0 Å². The van der Waals surface area contributed by atoms with Crippen LogP contribution in [-0.4, -0.2) is 10.9 Å². The predicted octanol–water partition coefficient (Wildman–Crippen LogP) is 4.35. The molecule has 1 aromatic heterocycles. The number of amides is 1. The highest BCUT2D eigenvalue weighted by atomic mass is 35.5. The molecule has 0 atom stereocenters. The van der Waals surface area contributed by atoms with Crippen LogP contribution in [0, 0.1) is 11.6 Å². The molecule has 0 unspecified atom stereocenters.